The molecule has 2 aliphatic rings. The highest BCUT2D eigenvalue weighted by atomic mass is 16.6. The molecule has 26 heavy (non-hydrogen) atoms. The number of methoxy groups -OCH3 is 2. The molecule has 1 saturated carbocycles. The number of benzene rings is 1. The van der Waals surface area contributed by atoms with Crippen molar-refractivity contribution >= 4 is 11.6 Å². The second-order valence-corrected chi connectivity index (χ2v) is 7.00. The van der Waals surface area contributed by atoms with Crippen LogP contribution < -0.4 is 20.1 Å². The molecule has 8 heteroatoms. The minimum absolute atomic E-state index is 0.0295. The number of nitro groups is 1. The third-order valence-electron chi connectivity index (χ3n) is 5.58. The summed E-state index contributed by atoms with van der Waals surface area (Å²) < 4.78 is 10.3. The number of hydrogen-bond acceptors (Lipinski definition) is 6. The molecular weight excluding hydrogens is 338 g/mol. The molecule has 1 spiro atoms. The third-order valence-corrected chi connectivity index (χ3v) is 5.58. The minimum Gasteiger partial charge on any atom is -0.493 e. The standard InChI is InChI=1S/C18H25N3O5/c1-25-15-9-12(14(21(23)24)10-16(15)26-2)3-6-20-17(22)13-11-18(13)4-7-19-8-5-18/h9-10,13,19H,3-8,11H2,1-2H3,(H,20,22). The van der Waals surface area contributed by atoms with Crippen molar-refractivity contribution in [3.63, 3.8) is 0 Å². The number of amides is 1. The van der Waals surface area contributed by atoms with Gasteiger partial charge in [-0.05, 0) is 50.3 Å². The first-order chi connectivity index (χ1) is 12.5. The second kappa shape index (κ2) is 7.49. The SMILES string of the molecule is COc1cc(CCNC(=O)C2CC23CCNCC3)c([N+](=O)[O-])cc1OC. The summed E-state index contributed by atoms with van der Waals surface area (Å²) in [7, 11) is 2.93. The maximum atomic E-state index is 12.4. The molecule has 1 saturated heterocycles. The Morgan fingerprint density at radius 1 is 1.31 bits per heavy atom. The Labute approximate surface area is 152 Å². The molecule has 1 atom stereocenters. The van der Waals surface area contributed by atoms with Crippen LogP contribution in [-0.4, -0.2) is 44.7 Å². The van der Waals surface area contributed by atoms with Crippen molar-refractivity contribution in [2.45, 2.75) is 25.7 Å². The summed E-state index contributed by atoms with van der Waals surface area (Å²) in [6.45, 7) is 2.31. The smallest absolute Gasteiger partial charge is 0.276 e. The van der Waals surface area contributed by atoms with Crippen molar-refractivity contribution < 1.29 is 19.2 Å². The van der Waals surface area contributed by atoms with Gasteiger partial charge in [-0.15, -0.1) is 0 Å². The highest BCUT2D eigenvalue weighted by molar-refractivity contribution is 5.82. The number of carbonyl (C=O) groups excluding carboxylic acids is 1. The van der Waals surface area contributed by atoms with Gasteiger partial charge >= 0.3 is 0 Å². The van der Waals surface area contributed by atoms with Crippen LogP contribution in [0.5, 0.6) is 11.5 Å². The topological polar surface area (TPSA) is 103 Å². The molecule has 1 aliphatic heterocycles. The summed E-state index contributed by atoms with van der Waals surface area (Å²) in [6.07, 6.45) is 3.42. The van der Waals surface area contributed by atoms with Crippen LogP contribution >= 0.6 is 0 Å². The summed E-state index contributed by atoms with van der Waals surface area (Å²) in [5.41, 5.74) is 0.670. The molecule has 1 aromatic rings. The van der Waals surface area contributed by atoms with Crippen molar-refractivity contribution in [1.29, 1.82) is 0 Å². The molecule has 1 aliphatic carbocycles. The number of nitro benzene ring substituents is 1. The van der Waals surface area contributed by atoms with Crippen molar-refractivity contribution in [3.05, 3.63) is 27.8 Å². The van der Waals surface area contributed by atoms with Gasteiger partial charge in [0.2, 0.25) is 5.91 Å². The van der Waals surface area contributed by atoms with E-state index in [0.717, 1.165) is 32.4 Å². The fraction of sp³-hybridized carbons (Fsp3) is 0.611. The van der Waals surface area contributed by atoms with Crippen LogP contribution in [0.2, 0.25) is 0 Å². The van der Waals surface area contributed by atoms with E-state index in [4.69, 9.17) is 9.47 Å². The summed E-state index contributed by atoms with van der Waals surface area (Å²) in [4.78, 5) is 23.3. The zero-order chi connectivity index (χ0) is 18.7. The van der Waals surface area contributed by atoms with Crippen LogP contribution in [-0.2, 0) is 11.2 Å². The van der Waals surface area contributed by atoms with Crippen LogP contribution in [0.3, 0.4) is 0 Å². The van der Waals surface area contributed by atoms with E-state index in [9.17, 15) is 14.9 Å². The number of hydrogen-bond donors (Lipinski definition) is 2. The van der Waals surface area contributed by atoms with Gasteiger partial charge in [-0.1, -0.05) is 0 Å². The molecule has 1 unspecified atom stereocenters. The van der Waals surface area contributed by atoms with Crippen LogP contribution in [0.1, 0.15) is 24.8 Å². The fourth-order valence-corrected chi connectivity index (χ4v) is 3.92. The Bertz CT molecular complexity index is 700. The van der Waals surface area contributed by atoms with E-state index < -0.39 is 4.92 Å². The molecule has 0 radical (unpaired) electrons. The normalized spacial score (nSPS) is 20.5. The van der Waals surface area contributed by atoms with Gasteiger partial charge in [-0.2, -0.15) is 0 Å². The molecule has 0 bridgehead atoms. The molecule has 0 aromatic heterocycles. The summed E-state index contributed by atoms with van der Waals surface area (Å²) >= 11 is 0. The zero-order valence-electron chi connectivity index (χ0n) is 15.2. The quantitative estimate of drug-likeness (QED) is 0.564. The molecule has 2 fully saturated rings. The van der Waals surface area contributed by atoms with E-state index in [0.29, 0.717) is 30.0 Å². The predicted octanol–water partition coefficient (Wildman–Crippen LogP) is 1.66. The largest absolute Gasteiger partial charge is 0.493 e. The van der Waals surface area contributed by atoms with Gasteiger partial charge < -0.3 is 20.1 Å². The Balaban J connectivity index is 1.61. The average molecular weight is 363 g/mol. The second-order valence-electron chi connectivity index (χ2n) is 7.00. The summed E-state index contributed by atoms with van der Waals surface area (Å²) in [5.74, 6) is 0.910. The molecule has 3 rings (SSSR count). The van der Waals surface area contributed by atoms with Crippen LogP contribution in [0.25, 0.3) is 0 Å². The van der Waals surface area contributed by atoms with E-state index >= 15 is 0 Å². The van der Waals surface area contributed by atoms with Gasteiger partial charge in [0.25, 0.3) is 5.69 Å². The molecule has 1 heterocycles. The number of nitrogens with zero attached hydrogens (tertiary/aromatic N) is 1. The number of carbonyl (C=O) groups is 1. The van der Waals surface area contributed by atoms with Crippen LogP contribution in [0, 0.1) is 21.4 Å². The van der Waals surface area contributed by atoms with Gasteiger partial charge in [-0.3, -0.25) is 14.9 Å². The van der Waals surface area contributed by atoms with Gasteiger partial charge in [0.05, 0.1) is 25.2 Å². The maximum Gasteiger partial charge on any atom is 0.276 e. The highest BCUT2D eigenvalue weighted by Crippen LogP contribution is 2.58. The first-order valence-corrected chi connectivity index (χ1v) is 8.88. The van der Waals surface area contributed by atoms with Gasteiger partial charge in [0.15, 0.2) is 11.5 Å². The van der Waals surface area contributed by atoms with Crippen LogP contribution in [0.15, 0.2) is 12.1 Å². The van der Waals surface area contributed by atoms with E-state index in [-0.39, 0.29) is 22.9 Å². The lowest BCUT2D eigenvalue weighted by molar-refractivity contribution is -0.385. The highest BCUT2D eigenvalue weighted by Gasteiger charge is 2.57. The zero-order valence-corrected chi connectivity index (χ0v) is 15.2. The molecule has 1 amide bonds. The monoisotopic (exact) mass is 363 g/mol. The molecule has 142 valence electrons. The lowest BCUT2D eigenvalue weighted by atomic mass is 9.92. The number of nitrogens with one attached hydrogen (secondary N) is 2. The molecule has 2 N–H and O–H groups in total. The first-order valence-electron chi connectivity index (χ1n) is 8.88. The fourth-order valence-electron chi connectivity index (χ4n) is 3.92. The molecular formula is C18H25N3O5. The number of rotatable bonds is 7. The first kappa shape index (κ1) is 18.4. The van der Waals surface area contributed by atoms with E-state index in [2.05, 4.69) is 10.6 Å². The third kappa shape index (κ3) is 3.60. The van der Waals surface area contributed by atoms with Gasteiger partial charge in [0, 0.05) is 18.0 Å². The van der Waals surface area contributed by atoms with Crippen molar-refractivity contribution in [2.75, 3.05) is 33.9 Å². The minimum atomic E-state index is -0.440. The maximum absolute atomic E-state index is 12.4. The lowest BCUT2D eigenvalue weighted by Gasteiger charge is -2.23. The number of piperidine rings is 1. The number of ether oxygens (including phenoxy) is 2. The van der Waals surface area contributed by atoms with E-state index in [1.165, 1.54) is 20.3 Å². The van der Waals surface area contributed by atoms with Crippen molar-refractivity contribution in [2.24, 2.45) is 11.3 Å². The van der Waals surface area contributed by atoms with Crippen molar-refractivity contribution in [1.82, 2.24) is 10.6 Å². The van der Waals surface area contributed by atoms with Gasteiger partial charge in [0.1, 0.15) is 0 Å². The Morgan fingerprint density at radius 3 is 2.58 bits per heavy atom. The lowest BCUT2D eigenvalue weighted by Crippen LogP contribution is -2.34. The van der Waals surface area contributed by atoms with Crippen molar-refractivity contribution in [3.8, 4) is 11.5 Å². The molecule has 1 aromatic carbocycles. The van der Waals surface area contributed by atoms with Gasteiger partial charge in [-0.25, -0.2) is 0 Å². The Hall–Kier alpha value is -2.35. The Kier molecular flexibility index (Phi) is 5.31. The average Bonchev–Trinajstić information content (AvgIpc) is 3.34. The van der Waals surface area contributed by atoms with E-state index in [1.807, 2.05) is 0 Å². The summed E-state index contributed by atoms with van der Waals surface area (Å²) in [5, 5.41) is 17.6. The molecule has 8 nitrogen and oxygen atoms in total. The van der Waals surface area contributed by atoms with Crippen LogP contribution in [0.4, 0.5) is 5.69 Å². The summed E-state index contributed by atoms with van der Waals surface area (Å²) in [6, 6.07) is 2.97. The predicted molar refractivity (Wildman–Crippen MR) is 95.6 cm³/mol. The Morgan fingerprint density at radius 2 is 1.96 bits per heavy atom. The van der Waals surface area contributed by atoms with E-state index in [1.54, 1.807) is 6.07 Å².